The summed E-state index contributed by atoms with van der Waals surface area (Å²) in [6, 6.07) is 0. The van der Waals surface area contributed by atoms with Gasteiger partial charge in [-0.05, 0) is 12.3 Å². The third kappa shape index (κ3) is 4.83. The number of aliphatic carboxylic acids is 1. The van der Waals surface area contributed by atoms with Gasteiger partial charge in [0.05, 0.1) is 23.7 Å². The Labute approximate surface area is 106 Å². The van der Waals surface area contributed by atoms with Crippen LogP contribution in [0.4, 0.5) is 0 Å². The van der Waals surface area contributed by atoms with Crippen LogP contribution < -0.4 is 0 Å². The van der Waals surface area contributed by atoms with Crippen LogP contribution in [0.1, 0.15) is 35.8 Å². The molecule has 0 fully saturated rings. The van der Waals surface area contributed by atoms with Crippen molar-refractivity contribution in [2.75, 3.05) is 7.11 Å². The van der Waals surface area contributed by atoms with Crippen LogP contribution in [0, 0.1) is 5.92 Å². The molecule has 0 aromatic carbocycles. The number of thiazole rings is 1. The van der Waals surface area contributed by atoms with Crippen molar-refractivity contribution < 1.29 is 14.6 Å². The number of carbonyl (C=O) groups is 1. The summed E-state index contributed by atoms with van der Waals surface area (Å²) in [6.45, 7) is 4.76. The second-order valence-electron chi connectivity index (χ2n) is 4.40. The Morgan fingerprint density at radius 3 is 2.76 bits per heavy atom. The summed E-state index contributed by atoms with van der Waals surface area (Å²) in [7, 11) is 1.63. The van der Waals surface area contributed by atoms with Crippen LogP contribution in [0.25, 0.3) is 0 Å². The number of hydrogen-bond donors (Lipinski definition) is 1. The number of methoxy groups -OCH3 is 1. The topological polar surface area (TPSA) is 59.4 Å². The summed E-state index contributed by atoms with van der Waals surface area (Å²) >= 11 is 1.62. The maximum Gasteiger partial charge on any atom is 0.303 e. The quantitative estimate of drug-likeness (QED) is 0.815. The summed E-state index contributed by atoms with van der Waals surface area (Å²) in [5, 5.41) is 9.78. The van der Waals surface area contributed by atoms with E-state index in [1.165, 1.54) is 0 Å². The van der Waals surface area contributed by atoms with E-state index in [2.05, 4.69) is 18.8 Å². The van der Waals surface area contributed by atoms with E-state index < -0.39 is 5.97 Å². The number of aryl methyl sites for hydroxylation is 1. The van der Waals surface area contributed by atoms with Crippen molar-refractivity contribution in [3.8, 4) is 0 Å². The number of carboxylic acid groups (broad SMARTS) is 1. The van der Waals surface area contributed by atoms with Gasteiger partial charge in [0, 0.05) is 18.4 Å². The van der Waals surface area contributed by atoms with Gasteiger partial charge in [-0.15, -0.1) is 11.3 Å². The monoisotopic (exact) mass is 257 g/mol. The fourth-order valence-electron chi connectivity index (χ4n) is 1.54. The highest BCUT2D eigenvalue weighted by atomic mass is 32.1. The zero-order chi connectivity index (χ0) is 12.8. The molecule has 0 saturated heterocycles. The van der Waals surface area contributed by atoms with Gasteiger partial charge in [0.1, 0.15) is 0 Å². The molecule has 1 aromatic rings. The number of hydrogen-bond acceptors (Lipinski definition) is 4. The molecule has 0 unspecified atom stereocenters. The van der Waals surface area contributed by atoms with Gasteiger partial charge in [-0.1, -0.05) is 13.8 Å². The first-order valence-corrected chi connectivity index (χ1v) is 6.52. The van der Waals surface area contributed by atoms with Crippen LogP contribution in [0.2, 0.25) is 0 Å². The van der Waals surface area contributed by atoms with E-state index in [-0.39, 0.29) is 6.42 Å². The van der Waals surface area contributed by atoms with Crippen LogP contribution in [-0.2, 0) is 29.0 Å². The fraction of sp³-hybridized carbons (Fsp3) is 0.667. The van der Waals surface area contributed by atoms with Crippen molar-refractivity contribution in [2.24, 2.45) is 5.92 Å². The van der Waals surface area contributed by atoms with Gasteiger partial charge in [0.15, 0.2) is 0 Å². The van der Waals surface area contributed by atoms with Crippen LogP contribution >= 0.6 is 11.3 Å². The highest BCUT2D eigenvalue weighted by Crippen LogP contribution is 2.23. The van der Waals surface area contributed by atoms with Crippen LogP contribution in [-0.4, -0.2) is 23.2 Å². The molecule has 0 aliphatic heterocycles. The number of rotatable bonds is 7. The highest BCUT2D eigenvalue weighted by molar-refractivity contribution is 7.11. The van der Waals surface area contributed by atoms with Crippen LogP contribution in [0.15, 0.2) is 0 Å². The minimum absolute atomic E-state index is 0.153. The Balaban J connectivity index is 2.76. The second-order valence-corrected chi connectivity index (χ2v) is 5.57. The second kappa shape index (κ2) is 6.71. The lowest BCUT2D eigenvalue weighted by Crippen LogP contribution is -1.99. The third-order valence-electron chi connectivity index (χ3n) is 2.25. The number of ether oxygens (including phenoxy) is 1. The van der Waals surface area contributed by atoms with E-state index in [4.69, 9.17) is 9.84 Å². The third-order valence-corrected chi connectivity index (χ3v) is 3.43. The minimum Gasteiger partial charge on any atom is -0.481 e. The van der Waals surface area contributed by atoms with Gasteiger partial charge in [0.2, 0.25) is 0 Å². The molecule has 4 nitrogen and oxygen atoms in total. The molecule has 1 heterocycles. The Bertz CT molecular complexity index is 374. The first kappa shape index (κ1) is 14.1. The summed E-state index contributed by atoms with van der Waals surface area (Å²) in [5.41, 5.74) is 0.898. The van der Waals surface area contributed by atoms with Gasteiger partial charge in [-0.2, -0.15) is 0 Å². The molecule has 1 rings (SSSR count). The van der Waals surface area contributed by atoms with Crippen molar-refractivity contribution in [3.63, 3.8) is 0 Å². The van der Waals surface area contributed by atoms with E-state index in [1.54, 1.807) is 18.4 Å². The zero-order valence-electron chi connectivity index (χ0n) is 10.5. The lowest BCUT2D eigenvalue weighted by Gasteiger charge is -1.98. The summed E-state index contributed by atoms with van der Waals surface area (Å²) in [4.78, 5) is 16.1. The Morgan fingerprint density at radius 1 is 1.53 bits per heavy atom. The molecular formula is C12H19NO3S. The molecule has 0 saturated carbocycles. The maximum absolute atomic E-state index is 10.6. The molecule has 5 heteroatoms. The average molecular weight is 257 g/mol. The lowest BCUT2D eigenvalue weighted by atomic mass is 10.1. The summed E-state index contributed by atoms with van der Waals surface area (Å²) < 4.78 is 5.09. The average Bonchev–Trinajstić information content (AvgIpc) is 2.57. The normalized spacial score (nSPS) is 11.1. The van der Waals surface area contributed by atoms with Crippen molar-refractivity contribution in [3.05, 3.63) is 15.6 Å². The van der Waals surface area contributed by atoms with Crippen molar-refractivity contribution in [1.82, 2.24) is 4.98 Å². The maximum atomic E-state index is 10.6. The molecule has 0 radical (unpaired) electrons. The SMILES string of the molecule is COCc1nc(CC(C)C)sc1CCC(=O)O. The predicted molar refractivity (Wildman–Crippen MR) is 67.3 cm³/mol. The number of aromatic nitrogens is 1. The molecule has 0 bridgehead atoms. The van der Waals surface area contributed by atoms with E-state index in [1.807, 2.05) is 0 Å². The molecule has 96 valence electrons. The van der Waals surface area contributed by atoms with Gasteiger partial charge < -0.3 is 9.84 Å². The standard InChI is InChI=1S/C12H19NO3S/c1-8(2)6-11-13-9(7-16-3)10(17-11)4-5-12(14)15/h8H,4-7H2,1-3H3,(H,14,15). The Morgan fingerprint density at radius 2 is 2.24 bits per heavy atom. The van der Waals surface area contributed by atoms with E-state index in [0.29, 0.717) is 18.9 Å². The minimum atomic E-state index is -0.771. The molecule has 1 aromatic heterocycles. The van der Waals surface area contributed by atoms with E-state index >= 15 is 0 Å². The molecule has 0 spiro atoms. The Kier molecular flexibility index (Phi) is 5.58. The van der Waals surface area contributed by atoms with E-state index in [0.717, 1.165) is 22.0 Å². The van der Waals surface area contributed by atoms with Gasteiger partial charge in [-0.25, -0.2) is 4.98 Å². The molecule has 1 N–H and O–H groups in total. The largest absolute Gasteiger partial charge is 0.481 e. The molecular weight excluding hydrogens is 238 g/mol. The summed E-state index contributed by atoms with van der Waals surface area (Å²) in [5.74, 6) is -0.212. The number of nitrogens with zero attached hydrogens (tertiary/aromatic N) is 1. The molecule has 0 atom stereocenters. The van der Waals surface area contributed by atoms with Crippen LogP contribution in [0.5, 0.6) is 0 Å². The van der Waals surface area contributed by atoms with Crippen LogP contribution in [0.3, 0.4) is 0 Å². The van der Waals surface area contributed by atoms with Gasteiger partial charge in [0.25, 0.3) is 0 Å². The zero-order valence-corrected chi connectivity index (χ0v) is 11.3. The first-order chi connectivity index (χ1) is 8.02. The van der Waals surface area contributed by atoms with Gasteiger partial charge in [-0.3, -0.25) is 4.79 Å². The molecule has 0 aliphatic rings. The lowest BCUT2D eigenvalue weighted by molar-refractivity contribution is -0.136. The molecule has 0 aliphatic carbocycles. The Hall–Kier alpha value is -0.940. The molecule has 0 amide bonds. The fourth-order valence-corrected chi connectivity index (χ4v) is 2.82. The van der Waals surface area contributed by atoms with E-state index in [9.17, 15) is 4.79 Å². The van der Waals surface area contributed by atoms with Crippen molar-refractivity contribution in [1.29, 1.82) is 0 Å². The van der Waals surface area contributed by atoms with Crippen molar-refractivity contribution >= 4 is 17.3 Å². The van der Waals surface area contributed by atoms with Gasteiger partial charge >= 0.3 is 5.97 Å². The molecule has 17 heavy (non-hydrogen) atoms. The predicted octanol–water partition coefficient (Wildman–Crippen LogP) is 2.51. The number of carboxylic acids is 1. The van der Waals surface area contributed by atoms with Crippen molar-refractivity contribution in [2.45, 2.75) is 39.7 Å². The summed E-state index contributed by atoms with van der Waals surface area (Å²) in [6.07, 6.45) is 1.64. The highest BCUT2D eigenvalue weighted by Gasteiger charge is 2.13. The smallest absolute Gasteiger partial charge is 0.303 e. The first-order valence-electron chi connectivity index (χ1n) is 5.71.